The normalized spacial score (nSPS) is 17.2. The summed E-state index contributed by atoms with van der Waals surface area (Å²) in [5, 5.41) is 2.96. The number of carbonyl (C=O) groups is 1. The van der Waals surface area contributed by atoms with Gasteiger partial charge < -0.3 is 14.8 Å². The molecule has 1 N–H and O–H groups in total. The molecule has 1 fully saturated rings. The van der Waals surface area contributed by atoms with Crippen LogP contribution in [0.25, 0.3) is 11.2 Å². The highest BCUT2D eigenvalue weighted by Crippen LogP contribution is 2.28. The zero-order chi connectivity index (χ0) is 17.2. The predicted molar refractivity (Wildman–Crippen MR) is 97.6 cm³/mol. The largest absolute Gasteiger partial charge is 0.322 e. The molecule has 0 aliphatic carbocycles. The summed E-state index contributed by atoms with van der Waals surface area (Å²) in [5.74, 6) is 1.03. The Bertz CT molecular complexity index is 889. The van der Waals surface area contributed by atoms with Crippen molar-refractivity contribution in [3.63, 3.8) is 0 Å². The van der Waals surface area contributed by atoms with Gasteiger partial charge >= 0.3 is 6.03 Å². The molecular formula is C19H21N5O. The smallest absolute Gasteiger partial charge is 0.321 e. The summed E-state index contributed by atoms with van der Waals surface area (Å²) in [6.45, 7) is 3.51. The lowest BCUT2D eigenvalue weighted by atomic mass is 10.2. The second-order valence-corrected chi connectivity index (χ2v) is 6.28. The van der Waals surface area contributed by atoms with E-state index in [1.165, 1.54) is 0 Å². The van der Waals surface area contributed by atoms with Crippen LogP contribution >= 0.6 is 0 Å². The molecule has 0 radical (unpaired) electrons. The van der Waals surface area contributed by atoms with Gasteiger partial charge in [-0.25, -0.2) is 14.8 Å². The standard InChI is InChI=1S/C19H21N5O/c1-2-17-22-16-9-6-11-20-18(16)24(17)15-10-12-23(13-15)19(25)21-14-7-4-3-5-8-14/h3-9,11,15H,2,10,12-13H2,1H3,(H,21,25). The number of hydrogen-bond donors (Lipinski definition) is 1. The van der Waals surface area contributed by atoms with E-state index in [0.29, 0.717) is 6.54 Å². The van der Waals surface area contributed by atoms with Gasteiger partial charge in [-0.3, -0.25) is 0 Å². The topological polar surface area (TPSA) is 63.1 Å². The van der Waals surface area contributed by atoms with Crippen LogP contribution in [-0.2, 0) is 6.42 Å². The maximum Gasteiger partial charge on any atom is 0.321 e. The summed E-state index contributed by atoms with van der Waals surface area (Å²) in [4.78, 5) is 23.6. The van der Waals surface area contributed by atoms with Crippen molar-refractivity contribution in [2.24, 2.45) is 0 Å². The maximum absolute atomic E-state index is 12.5. The third-order valence-electron chi connectivity index (χ3n) is 4.68. The summed E-state index contributed by atoms with van der Waals surface area (Å²) >= 11 is 0. The van der Waals surface area contributed by atoms with Gasteiger partial charge in [0.15, 0.2) is 5.65 Å². The number of nitrogens with zero attached hydrogens (tertiary/aromatic N) is 4. The first-order valence-corrected chi connectivity index (χ1v) is 8.69. The van der Waals surface area contributed by atoms with Crippen LogP contribution in [0.5, 0.6) is 0 Å². The molecule has 1 aromatic carbocycles. The summed E-state index contributed by atoms with van der Waals surface area (Å²) in [6.07, 6.45) is 3.56. The number of amides is 2. The number of nitrogens with one attached hydrogen (secondary N) is 1. The second-order valence-electron chi connectivity index (χ2n) is 6.28. The van der Waals surface area contributed by atoms with Crippen LogP contribution in [0.3, 0.4) is 0 Å². The fraction of sp³-hybridized carbons (Fsp3) is 0.316. The Balaban J connectivity index is 1.54. The van der Waals surface area contributed by atoms with Gasteiger partial charge in [0.05, 0.1) is 6.04 Å². The van der Waals surface area contributed by atoms with E-state index in [4.69, 9.17) is 4.98 Å². The highest BCUT2D eigenvalue weighted by Gasteiger charge is 2.30. The second kappa shape index (κ2) is 6.55. The molecule has 0 saturated carbocycles. The zero-order valence-electron chi connectivity index (χ0n) is 14.2. The van der Waals surface area contributed by atoms with E-state index in [1.807, 2.05) is 47.4 Å². The third kappa shape index (κ3) is 2.95. The van der Waals surface area contributed by atoms with E-state index >= 15 is 0 Å². The first kappa shape index (κ1) is 15.6. The highest BCUT2D eigenvalue weighted by molar-refractivity contribution is 5.89. The van der Waals surface area contributed by atoms with Gasteiger partial charge in [-0.15, -0.1) is 0 Å². The minimum absolute atomic E-state index is 0.0517. The quantitative estimate of drug-likeness (QED) is 0.797. The molecule has 1 saturated heterocycles. The minimum Gasteiger partial charge on any atom is -0.322 e. The Hall–Kier alpha value is -2.89. The number of para-hydroxylation sites is 1. The number of aryl methyl sites for hydroxylation is 1. The molecule has 1 aliphatic heterocycles. The molecule has 6 heteroatoms. The zero-order valence-corrected chi connectivity index (χ0v) is 14.2. The van der Waals surface area contributed by atoms with Crippen LogP contribution in [0, 0.1) is 0 Å². The van der Waals surface area contributed by atoms with E-state index in [2.05, 4.69) is 21.8 Å². The number of benzene rings is 1. The van der Waals surface area contributed by atoms with Gasteiger partial charge in [-0.1, -0.05) is 25.1 Å². The molecule has 3 aromatic rings. The Morgan fingerprint density at radius 1 is 1.24 bits per heavy atom. The number of anilines is 1. The lowest BCUT2D eigenvalue weighted by molar-refractivity contribution is 0.221. The van der Waals surface area contributed by atoms with Gasteiger partial charge in [0.1, 0.15) is 11.3 Å². The number of fused-ring (bicyclic) bond motifs is 1. The van der Waals surface area contributed by atoms with Gasteiger partial charge in [0.2, 0.25) is 0 Å². The first-order chi connectivity index (χ1) is 12.3. The number of urea groups is 1. The van der Waals surface area contributed by atoms with Crippen LogP contribution in [0.2, 0.25) is 0 Å². The van der Waals surface area contributed by atoms with Crippen LogP contribution in [0.15, 0.2) is 48.7 Å². The van der Waals surface area contributed by atoms with Crippen molar-refractivity contribution in [2.75, 3.05) is 18.4 Å². The molecule has 2 aromatic heterocycles. The Labute approximate surface area is 146 Å². The summed E-state index contributed by atoms with van der Waals surface area (Å²) < 4.78 is 2.21. The molecule has 0 bridgehead atoms. The minimum atomic E-state index is -0.0517. The molecule has 1 aliphatic rings. The van der Waals surface area contributed by atoms with E-state index in [1.54, 1.807) is 6.20 Å². The number of likely N-dealkylation sites (tertiary alicyclic amines) is 1. The molecule has 2 amide bonds. The van der Waals surface area contributed by atoms with Crippen molar-refractivity contribution in [3.05, 3.63) is 54.5 Å². The van der Waals surface area contributed by atoms with Crippen LogP contribution < -0.4 is 5.32 Å². The SMILES string of the molecule is CCc1nc2cccnc2n1C1CCN(C(=O)Nc2ccccc2)C1. The number of pyridine rings is 1. The average molecular weight is 335 g/mol. The summed E-state index contributed by atoms with van der Waals surface area (Å²) in [5.41, 5.74) is 2.65. The van der Waals surface area contributed by atoms with Crippen LogP contribution in [0.1, 0.15) is 25.2 Å². The molecule has 1 atom stereocenters. The van der Waals surface area contributed by atoms with Crippen molar-refractivity contribution in [1.29, 1.82) is 0 Å². The monoisotopic (exact) mass is 335 g/mol. The average Bonchev–Trinajstić information content (AvgIpc) is 3.26. The van der Waals surface area contributed by atoms with Crippen molar-refractivity contribution >= 4 is 22.9 Å². The van der Waals surface area contributed by atoms with E-state index < -0.39 is 0 Å². The van der Waals surface area contributed by atoms with Crippen molar-refractivity contribution in [2.45, 2.75) is 25.8 Å². The van der Waals surface area contributed by atoms with Crippen molar-refractivity contribution < 1.29 is 4.79 Å². The Kier molecular flexibility index (Phi) is 4.09. The molecular weight excluding hydrogens is 314 g/mol. The van der Waals surface area contributed by atoms with Gasteiger partial charge in [-0.2, -0.15) is 0 Å². The van der Waals surface area contributed by atoms with E-state index in [0.717, 1.165) is 42.1 Å². The van der Waals surface area contributed by atoms with Crippen LogP contribution in [-0.4, -0.2) is 38.6 Å². The Morgan fingerprint density at radius 2 is 2.08 bits per heavy atom. The van der Waals surface area contributed by atoms with Gasteiger partial charge in [-0.05, 0) is 30.7 Å². The lowest BCUT2D eigenvalue weighted by Gasteiger charge is -2.19. The number of hydrogen-bond acceptors (Lipinski definition) is 3. The number of imidazole rings is 1. The van der Waals surface area contributed by atoms with Crippen LogP contribution in [0.4, 0.5) is 10.5 Å². The lowest BCUT2D eigenvalue weighted by Crippen LogP contribution is -2.33. The van der Waals surface area contributed by atoms with E-state index in [-0.39, 0.29) is 12.1 Å². The summed E-state index contributed by atoms with van der Waals surface area (Å²) in [6, 6.07) is 13.6. The molecule has 4 rings (SSSR count). The van der Waals surface area contributed by atoms with E-state index in [9.17, 15) is 4.79 Å². The van der Waals surface area contributed by atoms with Crippen molar-refractivity contribution in [3.8, 4) is 0 Å². The fourth-order valence-corrected chi connectivity index (χ4v) is 3.47. The van der Waals surface area contributed by atoms with Gasteiger partial charge in [0, 0.05) is 31.4 Å². The fourth-order valence-electron chi connectivity index (χ4n) is 3.47. The number of carbonyl (C=O) groups excluding carboxylic acids is 1. The predicted octanol–water partition coefficient (Wildman–Crippen LogP) is 3.47. The molecule has 128 valence electrons. The highest BCUT2D eigenvalue weighted by atomic mass is 16.2. The third-order valence-corrected chi connectivity index (χ3v) is 4.68. The maximum atomic E-state index is 12.5. The molecule has 1 unspecified atom stereocenters. The van der Waals surface area contributed by atoms with Crippen molar-refractivity contribution in [1.82, 2.24) is 19.4 Å². The molecule has 0 spiro atoms. The number of aromatic nitrogens is 3. The van der Waals surface area contributed by atoms with Gasteiger partial charge in [0.25, 0.3) is 0 Å². The number of rotatable bonds is 3. The molecule has 25 heavy (non-hydrogen) atoms. The Morgan fingerprint density at radius 3 is 2.88 bits per heavy atom. The first-order valence-electron chi connectivity index (χ1n) is 8.69. The molecule has 6 nitrogen and oxygen atoms in total. The molecule has 3 heterocycles. The summed E-state index contributed by atoms with van der Waals surface area (Å²) in [7, 11) is 0.